The molecule has 0 aliphatic heterocycles. The minimum atomic E-state index is -4.42. The molecule has 10 nitrogen and oxygen atoms in total. The van der Waals surface area contributed by atoms with Crippen LogP contribution in [0.5, 0.6) is 0 Å². The van der Waals surface area contributed by atoms with E-state index in [9.17, 15) is 25.9 Å². The van der Waals surface area contributed by atoms with E-state index in [2.05, 4.69) is 8.37 Å². The Balaban J connectivity index is -0.0000000480. The van der Waals surface area contributed by atoms with E-state index in [1.807, 2.05) is 0 Å². The molecule has 0 amide bonds. The molecule has 0 bridgehead atoms. The maximum Gasteiger partial charge on any atom is 2.00 e. The SMILES string of the molecule is CCOS(=O)(=O)[O-].CCOS(=O)(=O)[O-].O.O.[Ba+2]. The van der Waals surface area contributed by atoms with Gasteiger partial charge in [-0.3, -0.25) is 8.37 Å². The molecule has 0 aliphatic carbocycles. The first kappa shape index (κ1) is 30.9. The Bertz CT molecular complexity index is 286. The van der Waals surface area contributed by atoms with Crippen molar-refractivity contribution in [1.29, 1.82) is 0 Å². The first-order valence-electron chi connectivity index (χ1n) is 3.32. The molecule has 0 saturated heterocycles. The standard InChI is InChI=1S/2C2H6O4S.Ba.2H2O/c2*1-2-6-7(3,4)5;;;/h2*2H2,1H3,(H,3,4,5);;2*1H2/q;;+2;;/p-2. The Hall–Kier alpha value is 1.23. The van der Waals surface area contributed by atoms with Crippen LogP contribution in [0.3, 0.4) is 0 Å². The molecule has 0 saturated carbocycles. The molecule has 0 radical (unpaired) electrons. The van der Waals surface area contributed by atoms with E-state index in [4.69, 9.17) is 0 Å². The monoisotopic (exact) mass is 424 g/mol. The maximum absolute atomic E-state index is 9.45. The normalized spacial score (nSPS) is 9.65. The van der Waals surface area contributed by atoms with Crippen LogP contribution >= 0.6 is 0 Å². The van der Waals surface area contributed by atoms with Gasteiger partial charge in [-0.25, -0.2) is 16.8 Å². The second-order valence-corrected chi connectivity index (χ2v) is 3.73. The van der Waals surface area contributed by atoms with Gasteiger partial charge < -0.3 is 20.1 Å². The van der Waals surface area contributed by atoms with Crippen LogP contribution in [0.1, 0.15) is 13.8 Å². The quantitative estimate of drug-likeness (QED) is 0.258. The van der Waals surface area contributed by atoms with E-state index in [-0.39, 0.29) is 73.0 Å². The summed E-state index contributed by atoms with van der Waals surface area (Å²) in [7, 11) is -8.85. The van der Waals surface area contributed by atoms with Gasteiger partial charge in [-0.1, -0.05) is 0 Å². The average Bonchev–Trinajstić information content (AvgIpc) is 1.81. The molecule has 0 unspecified atom stereocenters. The van der Waals surface area contributed by atoms with E-state index in [0.29, 0.717) is 0 Å². The minimum Gasteiger partial charge on any atom is -0.726 e. The zero-order valence-electron chi connectivity index (χ0n) is 9.20. The molecular formula is C4H14BaO10S2. The summed E-state index contributed by atoms with van der Waals surface area (Å²) < 4.78 is 64.0. The molecule has 13 heteroatoms. The molecule has 17 heavy (non-hydrogen) atoms. The first-order valence-corrected chi connectivity index (χ1v) is 5.99. The van der Waals surface area contributed by atoms with Gasteiger partial charge in [0.25, 0.3) is 0 Å². The molecule has 0 heterocycles. The molecule has 0 rings (SSSR count). The number of hydrogen-bond donors (Lipinski definition) is 0. The van der Waals surface area contributed by atoms with Gasteiger partial charge in [0.05, 0.1) is 13.2 Å². The smallest absolute Gasteiger partial charge is 0.726 e. The van der Waals surface area contributed by atoms with Gasteiger partial charge in [-0.15, -0.1) is 0 Å². The fraction of sp³-hybridized carbons (Fsp3) is 1.00. The van der Waals surface area contributed by atoms with E-state index in [1.54, 1.807) is 0 Å². The number of rotatable bonds is 4. The summed E-state index contributed by atoms with van der Waals surface area (Å²) in [5.74, 6) is 0. The molecule has 104 valence electrons. The molecule has 0 fully saturated rings. The minimum absolute atomic E-state index is 0. The third kappa shape index (κ3) is 46.9. The molecule has 0 aromatic heterocycles. The van der Waals surface area contributed by atoms with Crippen LogP contribution in [0.25, 0.3) is 0 Å². The zero-order chi connectivity index (χ0) is 11.8. The van der Waals surface area contributed by atoms with Gasteiger partial charge in [0.1, 0.15) is 0 Å². The van der Waals surface area contributed by atoms with Crippen molar-refractivity contribution in [3.8, 4) is 0 Å². The molecule has 0 atom stereocenters. The van der Waals surface area contributed by atoms with E-state index < -0.39 is 20.8 Å². The summed E-state index contributed by atoms with van der Waals surface area (Å²) in [5, 5.41) is 0. The van der Waals surface area contributed by atoms with Gasteiger partial charge in [-0.05, 0) is 13.8 Å². The van der Waals surface area contributed by atoms with Crippen molar-refractivity contribution in [3.05, 3.63) is 0 Å². The third-order valence-electron chi connectivity index (χ3n) is 0.524. The third-order valence-corrected chi connectivity index (χ3v) is 1.57. The van der Waals surface area contributed by atoms with E-state index in [0.717, 1.165) is 0 Å². The summed E-state index contributed by atoms with van der Waals surface area (Å²) in [5.41, 5.74) is 0. The second kappa shape index (κ2) is 15.3. The van der Waals surface area contributed by atoms with Crippen molar-refractivity contribution < 1.29 is 45.3 Å². The Labute approximate surface area is 140 Å². The summed E-state index contributed by atoms with van der Waals surface area (Å²) in [6.45, 7) is 2.67. The van der Waals surface area contributed by atoms with Crippen molar-refractivity contribution in [2.45, 2.75) is 13.8 Å². The molecular weight excluding hydrogens is 409 g/mol. The summed E-state index contributed by atoms with van der Waals surface area (Å²) in [6, 6.07) is 0. The van der Waals surface area contributed by atoms with Crippen LogP contribution in [0, 0.1) is 0 Å². The first-order chi connectivity index (χ1) is 6.12. The van der Waals surface area contributed by atoms with E-state index >= 15 is 0 Å². The van der Waals surface area contributed by atoms with Crippen LogP contribution in [-0.4, -0.2) is 99.0 Å². The van der Waals surface area contributed by atoms with Gasteiger partial charge in [0.2, 0.25) is 20.8 Å². The second-order valence-electron chi connectivity index (χ2n) is 1.63. The van der Waals surface area contributed by atoms with Crippen molar-refractivity contribution in [3.63, 3.8) is 0 Å². The molecule has 4 N–H and O–H groups in total. The predicted molar refractivity (Wildman–Crippen MR) is 55.6 cm³/mol. The topological polar surface area (TPSA) is 196 Å². The Morgan fingerprint density at radius 3 is 1.00 bits per heavy atom. The average molecular weight is 424 g/mol. The molecule has 0 aromatic rings. The fourth-order valence-electron chi connectivity index (χ4n) is 0.289. The Morgan fingerprint density at radius 1 is 0.824 bits per heavy atom. The predicted octanol–water partition coefficient (Wildman–Crippen LogP) is -3.06. The molecule has 0 aromatic carbocycles. The summed E-state index contributed by atoms with van der Waals surface area (Å²) in [4.78, 5) is 0. The van der Waals surface area contributed by atoms with E-state index in [1.165, 1.54) is 13.8 Å². The summed E-state index contributed by atoms with van der Waals surface area (Å²) in [6.07, 6.45) is 0. The van der Waals surface area contributed by atoms with Gasteiger partial charge in [-0.2, -0.15) is 0 Å². The van der Waals surface area contributed by atoms with Gasteiger partial charge >= 0.3 is 48.9 Å². The maximum atomic E-state index is 9.45. The van der Waals surface area contributed by atoms with Crippen molar-refractivity contribution in [2.24, 2.45) is 0 Å². The van der Waals surface area contributed by atoms with Gasteiger partial charge in [0, 0.05) is 0 Å². The van der Waals surface area contributed by atoms with Crippen molar-refractivity contribution in [1.82, 2.24) is 0 Å². The molecule has 0 spiro atoms. The summed E-state index contributed by atoms with van der Waals surface area (Å²) >= 11 is 0. The fourth-order valence-corrected chi connectivity index (χ4v) is 0.866. The molecule has 0 aliphatic rings. The van der Waals surface area contributed by atoms with Gasteiger partial charge in [0.15, 0.2) is 0 Å². The van der Waals surface area contributed by atoms with Crippen LogP contribution < -0.4 is 0 Å². The van der Waals surface area contributed by atoms with Crippen LogP contribution in [0.2, 0.25) is 0 Å². The Kier molecular flexibility index (Phi) is 27.8. The van der Waals surface area contributed by atoms with Crippen molar-refractivity contribution >= 4 is 69.7 Å². The van der Waals surface area contributed by atoms with Crippen LogP contribution in [-0.2, 0) is 29.2 Å². The largest absolute Gasteiger partial charge is 2.00 e. The zero-order valence-corrected chi connectivity index (χ0v) is 15.3. The van der Waals surface area contributed by atoms with Crippen LogP contribution in [0.4, 0.5) is 0 Å². The van der Waals surface area contributed by atoms with Crippen LogP contribution in [0.15, 0.2) is 0 Å². The Morgan fingerprint density at radius 2 is 1.00 bits per heavy atom. The number of hydrogen-bond acceptors (Lipinski definition) is 8. The van der Waals surface area contributed by atoms with Crippen molar-refractivity contribution in [2.75, 3.05) is 13.2 Å².